The zero-order valence-corrected chi connectivity index (χ0v) is 16.7. The molecule has 1 aromatic heterocycles. The van der Waals surface area contributed by atoms with Gasteiger partial charge in [-0.1, -0.05) is 36.4 Å². The number of aromatic nitrogens is 2. The molecule has 0 radical (unpaired) electrons. The molecule has 1 heterocycles. The van der Waals surface area contributed by atoms with Gasteiger partial charge >= 0.3 is 0 Å². The van der Waals surface area contributed by atoms with Gasteiger partial charge in [0.25, 0.3) is 5.91 Å². The normalized spacial score (nSPS) is 11.7. The first-order valence-electron chi connectivity index (χ1n) is 9.59. The van der Waals surface area contributed by atoms with Crippen molar-refractivity contribution in [1.82, 2.24) is 15.5 Å². The average molecular weight is 399 g/mol. The van der Waals surface area contributed by atoms with Crippen LogP contribution in [0.5, 0.6) is 5.75 Å². The first kappa shape index (κ1) is 19.4. The number of nitrogens with zero attached hydrogens (tertiary/aromatic N) is 2. The zero-order valence-electron chi connectivity index (χ0n) is 16.7. The number of benzene rings is 3. The number of hydrogen-bond acceptors (Lipinski definition) is 5. The Morgan fingerprint density at radius 2 is 1.47 bits per heavy atom. The molecule has 6 nitrogen and oxygen atoms in total. The lowest BCUT2D eigenvalue weighted by Crippen LogP contribution is -2.26. The molecule has 0 aliphatic rings. The molecule has 1 amide bonds. The van der Waals surface area contributed by atoms with Crippen LogP contribution >= 0.6 is 0 Å². The molecule has 0 unspecified atom stereocenters. The minimum atomic E-state index is -0.197. The lowest BCUT2D eigenvalue weighted by molar-refractivity contribution is 0.0939. The number of hydrogen-bond donors (Lipinski definition) is 1. The van der Waals surface area contributed by atoms with Crippen molar-refractivity contribution in [3.63, 3.8) is 0 Å². The summed E-state index contributed by atoms with van der Waals surface area (Å²) < 4.78 is 11.1. The predicted molar refractivity (Wildman–Crippen MR) is 114 cm³/mol. The van der Waals surface area contributed by atoms with E-state index in [4.69, 9.17) is 9.15 Å². The van der Waals surface area contributed by atoms with Gasteiger partial charge in [0, 0.05) is 22.3 Å². The van der Waals surface area contributed by atoms with Crippen LogP contribution in [0.15, 0.2) is 83.3 Å². The van der Waals surface area contributed by atoms with Crippen molar-refractivity contribution in [3.8, 4) is 28.7 Å². The van der Waals surface area contributed by atoms with Crippen molar-refractivity contribution in [3.05, 3.63) is 90.0 Å². The Kier molecular flexibility index (Phi) is 5.57. The van der Waals surface area contributed by atoms with Gasteiger partial charge in [-0.3, -0.25) is 4.79 Å². The summed E-state index contributed by atoms with van der Waals surface area (Å²) in [6.45, 7) is 1.92. The fourth-order valence-electron chi connectivity index (χ4n) is 3.18. The molecule has 0 bridgehead atoms. The van der Waals surface area contributed by atoms with E-state index >= 15 is 0 Å². The molecule has 1 N–H and O–H groups in total. The number of ether oxygens (including phenoxy) is 1. The van der Waals surface area contributed by atoms with Crippen molar-refractivity contribution in [2.75, 3.05) is 7.11 Å². The first-order chi connectivity index (χ1) is 14.7. The van der Waals surface area contributed by atoms with Crippen LogP contribution in [-0.4, -0.2) is 23.2 Å². The Balaban J connectivity index is 1.47. The van der Waals surface area contributed by atoms with Crippen molar-refractivity contribution in [1.29, 1.82) is 0 Å². The van der Waals surface area contributed by atoms with Crippen LogP contribution in [-0.2, 0) is 0 Å². The van der Waals surface area contributed by atoms with Crippen molar-refractivity contribution < 1.29 is 13.9 Å². The van der Waals surface area contributed by atoms with E-state index in [2.05, 4.69) is 15.5 Å². The summed E-state index contributed by atoms with van der Waals surface area (Å²) in [5.41, 5.74) is 3.07. The van der Waals surface area contributed by atoms with E-state index in [1.54, 1.807) is 31.4 Å². The molecule has 30 heavy (non-hydrogen) atoms. The Morgan fingerprint density at radius 3 is 2.13 bits per heavy atom. The highest BCUT2D eigenvalue weighted by Crippen LogP contribution is 2.26. The van der Waals surface area contributed by atoms with E-state index in [0.717, 1.165) is 22.4 Å². The molecule has 4 rings (SSSR count). The number of rotatable bonds is 6. The lowest BCUT2D eigenvalue weighted by Gasteiger charge is -2.17. The van der Waals surface area contributed by atoms with E-state index < -0.39 is 0 Å². The molecular weight excluding hydrogens is 378 g/mol. The Morgan fingerprint density at radius 1 is 0.867 bits per heavy atom. The van der Waals surface area contributed by atoms with Crippen LogP contribution in [0.3, 0.4) is 0 Å². The summed E-state index contributed by atoms with van der Waals surface area (Å²) >= 11 is 0. The van der Waals surface area contributed by atoms with Gasteiger partial charge in [0.15, 0.2) is 0 Å². The zero-order chi connectivity index (χ0) is 20.9. The number of carbonyl (C=O) groups excluding carboxylic acids is 1. The predicted octanol–water partition coefficient (Wildman–Crippen LogP) is 4.90. The Labute approximate surface area is 174 Å². The van der Waals surface area contributed by atoms with Gasteiger partial charge in [-0.25, -0.2) is 0 Å². The van der Waals surface area contributed by atoms with Crippen LogP contribution < -0.4 is 10.1 Å². The number of methoxy groups -OCH3 is 1. The SMILES string of the molecule is COc1ccccc1[C@H](C)NC(=O)c1ccc(-c2nnc(-c3ccccc3)o2)cc1. The highest BCUT2D eigenvalue weighted by atomic mass is 16.5. The first-order valence-corrected chi connectivity index (χ1v) is 9.59. The summed E-state index contributed by atoms with van der Waals surface area (Å²) in [7, 11) is 1.62. The minimum absolute atomic E-state index is 0.171. The molecular formula is C24H21N3O3. The molecule has 6 heteroatoms. The van der Waals surface area contributed by atoms with Crippen LogP contribution in [0.25, 0.3) is 22.9 Å². The van der Waals surface area contributed by atoms with Crippen LogP contribution in [0.2, 0.25) is 0 Å². The van der Waals surface area contributed by atoms with Crippen molar-refractivity contribution in [2.45, 2.75) is 13.0 Å². The van der Waals surface area contributed by atoms with Gasteiger partial charge in [0.2, 0.25) is 11.8 Å². The number of para-hydroxylation sites is 1. The maximum absolute atomic E-state index is 12.7. The second kappa shape index (κ2) is 8.61. The monoisotopic (exact) mass is 399 g/mol. The molecule has 0 aliphatic carbocycles. The molecule has 3 aromatic carbocycles. The molecule has 150 valence electrons. The summed E-state index contributed by atoms with van der Waals surface area (Å²) in [5.74, 6) is 1.43. The Hall–Kier alpha value is -3.93. The molecule has 4 aromatic rings. The fourth-order valence-corrected chi connectivity index (χ4v) is 3.18. The average Bonchev–Trinajstić information content (AvgIpc) is 3.30. The summed E-state index contributed by atoms with van der Waals surface area (Å²) in [5, 5.41) is 11.2. The highest BCUT2D eigenvalue weighted by molar-refractivity contribution is 5.94. The summed E-state index contributed by atoms with van der Waals surface area (Å²) in [6.07, 6.45) is 0. The van der Waals surface area contributed by atoms with Crippen LogP contribution in [0.1, 0.15) is 28.9 Å². The van der Waals surface area contributed by atoms with E-state index in [9.17, 15) is 4.79 Å². The number of carbonyl (C=O) groups is 1. The van der Waals surface area contributed by atoms with E-state index in [1.165, 1.54) is 0 Å². The van der Waals surface area contributed by atoms with Gasteiger partial charge in [-0.05, 0) is 49.4 Å². The third-order valence-electron chi connectivity index (χ3n) is 4.79. The van der Waals surface area contributed by atoms with Gasteiger partial charge in [-0.15, -0.1) is 10.2 Å². The summed E-state index contributed by atoms with van der Waals surface area (Å²) in [4.78, 5) is 12.7. The number of nitrogens with one attached hydrogen (secondary N) is 1. The fraction of sp³-hybridized carbons (Fsp3) is 0.125. The molecule has 1 atom stereocenters. The van der Waals surface area contributed by atoms with E-state index in [-0.39, 0.29) is 11.9 Å². The largest absolute Gasteiger partial charge is 0.496 e. The topological polar surface area (TPSA) is 77.2 Å². The highest BCUT2D eigenvalue weighted by Gasteiger charge is 2.16. The number of amides is 1. The second-order valence-corrected chi connectivity index (χ2v) is 6.79. The second-order valence-electron chi connectivity index (χ2n) is 6.79. The molecule has 0 saturated heterocycles. The Bertz CT molecular complexity index is 1140. The molecule has 0 spiro atoms. The van der Waals surface area contributed by atoms with Crippen molar-refractivity contribution >= 4 is 5.91 Å². The van der Waals surface area contributed by atoms with Gasteiger partial charge in [0.05, 0.1) is 13.2 Å². The van der Waals surface area contributed by atoms with Gasteiger partial charge in [0.1, 0.15) is 5.75 Å². The van der Waals surface area contributed by atoms with Gasteiger partial charge in [-0.2, -0.15) is 0 Å². The van der Waals surface area contributed by atoms with Crippen molar-refractivity contribution in [2.24, 2.45) is 0 Å². The van der Waals surface area contributed by atoms with Crippen LogP contribution in [0, 0.1) is 0 Å². The van der Waals surface area contributed by atoms with Gasteiger partial charge < -0.3 is 14.5 Å². The smallest absolute Gasteiger partial charge is 0.251 e. The summed E-state index contributed by atoms with van der Waals surface area (Å²) in [6, 6.07) is 24.1. The van der Waals surface area contributed by atoms with Crippen LogP contribution in [0.4, 0.5) is 0 Å². The standard InChI is InChI=1S/C24H21N3O3/c1-16(20-10-6-7-11-21(20)29-2)25-22(28)17-12-14-19(15-13-17)24-27-26-23(30-24)18-8-4-3-5-9-18/h3-16H,1-2H3,(H,25,28)/t16-/m0/s1. The third kappa shape index (κ3) is 4.07. The molecule has 0 saturated carbocycles. The maximum Gasteiger partial charge on any atom is 0.251 e. The quantitative estimate of drug-likeness (QED) is 0.499. The molecule has 0 aliphatic heterocycles. The minimum Gasteiger partial charge on any atom is -0.496 e. The molecule has 0 fully saturated rings. The van der Waals surface area contributed by atoms with E-state index in [1.807, 2.05) is 61.5 Å². The lowest BCUT2D eigenvalue weighted by atomic mass is 10.1. The maximum atomic E-state index is 12.7. The van der Waals surface area contributed by atoms with E-state index in [0.29, 0.717) is 17.3 Å². The third-order valence-corrected chi connectivity index (χ3v) is 4.79.